The van der Waals surface area contributed by atoms with Gasteiger partial charge in [-0.2, -0.15) is 0 Å². The van der Waals surface area contributed by atoms with Gasteiger partial charge in [0.15, 0.2) is 0 Å². The molecule has 1 amide bonds. The van der Waals surface area contributed by atoms with E-state index in [4.69, 9.17) is 0 Å². The number of rotatable bonds is 5. The summed E-state index contributed by atoms with van der Waals surface area (Å²) < 4.78 is 4.59. The first kappa shape index (κ1) is 20.3. The van der Waals surface area contributed by atoms with Gasteiger partial charge in [0.05, 0.1) is 18.1 Å². The summed E-state index contributed by atoms with van der Waals surface area (Å²) in [5.41, 5.74) is 2.81. The molecule has 8 heteroatoms. The number of ketones is 1. The van der Waals surface area contributed by atoms with E-state index >= 15 is 0 Å². The molecule has 156 valence electrons. The number of aromatic nitrogens is 2. The molecule has 0 bridgehead atoms. The number of carbonyl (C=O) groups is 2. The van der Waals surface area contributed by atoms with Gasteiger partial charge in [0.25, 0.3) is 0 Å². The van der Waals surface area contributed by atoms with Gasteiger partial charge in [0, 0.05) is 34.5 Å². The fourth-order valence-corrected chi connectivity index (χ4v) is 4.51. The summed E-state index contributed by atoms with van der Waals surface area (Å²) in [4.78, 5) is 34.9. The molecule has 0 atom stereocenters. The van der Waals surface area contributed by atoms with Crippen LogP contribution in [0.25, 0.3) is 11.0 Å². The molecule has 7 nitrogen and oxygen atoms in total. The second-order valence-electron chi connectivity index (χ2n) is 7.35. The standard InChI is InChI=1S/C22H24N4O3S/c1-14(27)15-9-11-26(12-10-15)16-3-5-17(6-4-16)30-18-7-8-19-20(13-18)24-21(23-19)25-22(28)29-2/h3-8,13,15H,9-12H2,1-2H3,(H2,23,24,25,28). The van der Waals surface area contributed by atoms with Gasteiger partial charge in [-0.05, 0) is 62.2 Å². The van der Waals surface area contributed by atoms with Crippen LogP contribution in [-0.2, 0) is 9.53 Å². The van der Waals surface area contributed by atoms with Crippen molar-refractivity contribution in [2.75, 3.05) is 30.4 Å². The Labute approximate surface area is 179 Å². The molecule has 30 heavy (non-hydrogen) atoms. The number of fused-ring (bicyclic) bond motifs is 1. The number of methoxy groups -OCH3 is 1. The minimum Gasteiger partial charge on any atom is -0.453 e. The molecule has 4 rings (SSSR count). The molecule has 0 aliphatic carbocycles. The van der Waals surface area contributed by atoms with Gasteiger partial charge in [-0.15, -0.1) is 0 Å². The molecule has 0 saturated carbocycles. The van der Waals surface area contributed by atoms with Gasteiger partial charge in [-0.25, -0.2) is 9.78 Å². The molecule has 0 unspecified atom stereocenters. The summed E-state index contributed by atoms with van der Waals surface area (Å²) in [7, 11) is 1.31. The summed E-state index contributed by atoms with van der Waals surface area (Å²) in [6, 6.07) is 14.5. The first-order chi connectivity index (χ1) is 14.5. The van der Waals surface area contributed by atoms with Gasteiger partial charge < -0.3 is 14.6 Å². The second-order valence-corrected chi connectivity index (χ2v) is 8.50. The summed E-state index contributed by atoms with van der Waals surface area (Å²) >= 11 is 1.66. The van der Waals surface area contributed by atoms with E-state index in [0.717, 1.165) is 46.8 Å². The smallest absolute Gasteiger partial charge is 0.413 e. The van der Waals surface area contributed by atoms with E-state index in [9.17, 15) is 9.59 Å². The van der Waals surface area contributed by atoms with E-state index in [2.05, 4.69) is 49.2 Å². The van der Waals surface area contributed by atoms with Gasteiger partial charge in [-0.1, -0.05) is 11.8 Å². The zero-order chi connectivity index (χ0) is 21.1. The van der Waals surface area contributed by atoms with Crippen molar-refractivity contribution in [3.8, 4) is 0 Å². The number of aromatic amines is 1. The molecule has 0 radical (unpaired) electrons. The molecule has 1 aliphatic rings. The highest BCUT2D eigenvalue weighted by molar-refractivity contribution is 7.99. The third kappa shape index (κ3) is 4.59. The van der Waals surface area contributed by atoms with Crippen LogP contribution in [0.15, 0.2) is 52.3 Å². The van der Waals surface area contributed by atoms with Gasteiger partial charge in [-0.3, -0.25) is 10.1 Å². The fourth-order valence-electron chi connectivity index (χ4n) is 3.66. The summed E-state index contributed by atoms with van der Waals surface area (Å²) in [5, 5.41) is 2.54. The number of Topliss-reactive ketones (excluding diaryl/α,β-unsaturated/α-hetero) is 1. The Kier molecular flexibility index (Phi) is 5.94. The van der Waals surface area contributed by atoms with Crippen LogP contribution in [0.5, 0.6) is 0 Å². The number of H-pyrrole nitrogens is 1. The Balaban J connectivity index is 1.41. The molecule has 1 aliphatic heterocycles. The number of carbonyl (C=O) groups excluding carboxylic acids is 2. The summed E-state index contributed by atoms with van der Waals surface area (Å²) in [6.07, 6.45) is 1.30. The first-order valence-electron chi connectivity index (χ1n) is 9.90. The maximum atomic E-state index is 11.6. The number of amides is 1. The zero-order valence-electron chi connectivity index (χ0n) is 17.0. The zero-order valence-corrected chi connectivity index (χ0v) is 17.8. The predicted octanol–water partition coefficient (Wildman–Crippen LogP) is 4.70. The SMILES string of the molecule is COC(=O)Nc1nc2cc(Sc3ccc(N4CCC(C(C)=O)CC4)cc3)ccc2[nH]1. The molecule has 1 saturated heterocycles. The maximum Gasteiger partial charge on any atom is 0.413 e. The third-order valence-corrected chi connectivity index (χ3v) is 6.37. The monoisotopic (exact) mass is 424 g/mol. The number of ether oxygens (including phenoxy) is 1. The van der Waals surface area contributed by atoms with Crippen molar-refractivity contribution >= 4 is 46.3 Å². The van der Waals surface area contributed by atoms with E-state index in [1.807, 2.05) is 18.2 Å². The van der Waals surface area contributed by atoms with E-state index in [1.54, 1.807) is 18.7 Å². The highest BCUT2D eigenvalue weighted by atomic mass is 32.2. The van der Waals surface area contributed by atoms with Crippen LogP contribution < -0.4 is 10.2 Å². The van der Waals surface area contributed by atoms with Crippen molar-refractivity contribution in [1.29, 1.82) is 0 Å². The van der Waals surface area contributed by atoms with Gasteiger partial charge >= 0.3 is 6.09 Å². The number of anilines is 2. The van der Waals surface area contributed by atoms with E-state index in [0.29, 0.717) is 11.7 Å². The number of piperidine rings is 1. The van der Waals surface area contributed by atoms with E-state index < -0.39 is 6.09 Å². The highest BCUT2D eigenvalue weighted by Crippen LogP contribution is 2.32. The molecule has 1 fully saturated rings. The highest BCUT2D eigenvalue weighted by Gasteiger charge is 2.22. The first-order valence-corrected chi connectivity index (χ1v) is 10.7. The quantitative estimate of drug-likeness (QED) is 0.617. The lowest BCUT2D eigenvalue weighted by Crippen LogP contribution is -2.35. The van der Waals surface area contributed by atoms with Crippen LogP contribution in [0.4, 0.5) is 16.4 Å². The number of nitrogens with zero attached hydrogens (tertiary/aromatic N) is 2. The Bertz CT molecular complexity index is 1060. The summed E-state index contributed by atoms with van der Waals surface area (Å²) in [6.45, 7) is 3.55. The molecule has 2 N–H and O–H groups in total. The fraction of sp³-hybridized carbons (Fsp3) is 0.318. The van der Waals surface area contributed by atoms with Crippen molar-refractivity contribution < 1.29 is 14.3 Å². The number of nitrogens with one attached hydrogen (secondary N) is 2. The van der Waals surface area contributed by atoms with E-state index in [1.165, 1.54) is 12.8 Å². The molecule has 3 aromatic rings. The van der Waals surface area contributed by atoms with Crippen LogP contribution in [0.3, 0.4) is 0 Å². The van der Waals surface area contributed by atoms with E-state index in [-0.39, 0.29) is 5.92 Å². The average molecular weight is 425 g/mol. The van der Waals surface area contributed by atoms with Crippen LogP contribution in [0.1, 0.15) is 19.8 Å². The second kappa shape index (κ2) is 8.79. The summed E-state index contributed by atoms with van der Waals surface area (Å²) in [5.74, 6) is 0.886. The van der Waals surface area contributed by atoms with Crippen LogP contribution >= 0.6 is 11.8 Å². The van der Waals surface area contributed by atoms with Crippen molar-refractivity contribution in [1.82, 2.24) is 9.97 Å². The van der Waals surface area contributed by atoms with Crippen LogP contribution in [-0.4, -0.2) is 42.0 Å². The predicted molar refractivity (Wildman–Crippen MR) is 118 cm³/mol. The van der Waals surface area contributed by atoms with Gasteiger partial charge in [0.1, 0.15) is 5.78 Å². The molecule has 0 spiro atoms. The normalized spacial score (nSPS) is 14.7. The Morgan fingerprint density at radius 2 is 1.83 bits per heavy atom. The maximum absolute atomic E-state index is 11.6. The van der Waals surface area contributed by atoms with Crippen molar-refractivity contribution in [3.63, 3.8) is 0 Å². The molecule has 1 aromatic heterocycles. The van der Waals surface area contributed by atoms with Crippen molar-refractivity contribution in [2.45, 2.75) is 29.6 Å². The molecule has 2 aromatic carbocycles. The topological polar surface area (TPSA) is 87.3 Å². The lowest BCUT2D eigenvalue weighted by molar-refractivity contribution is -0.121. The van der Waals surface area contributed by atoms with Crippen molar-refractivity contribution in [2.24, 2.45) is 5.92 Å². The van der Waals surface area contributed by atoms with Crippen LogP contribution in [0, 0.1) is 5.92 Å². The minimum absolute atomic E-state index is 0.219. The number of imidazole rings is 1. The average Bonchev–Trinajstić information content (AvgIpc) is 3.15. The Hall–Kier alpha value is -3.00. The number of hydrogen-bond acceptors (Lipinski definition) is 6. The number of hydrogen-bond donors (Lipinski definition) is 2. The minimum atomic E-state index is -0.561. The number of benzene rings is 2. The lowest BCUT2D eigenvalue weighted by Gasteiger charge is -2.32. The van der Waals surface area contributed by atoms with Crippen LogP contribution in [0.2, 0.25) is 0 Å². The largest absolute Gasteiger partial charge is 0.453 e. The Morgan fingerprint density at radius 3 is 2.50 bits per heavy atom. The van der Waals surface area contributed by atoms with Crippen molar-refractivity contribution in [3.05, 3.63) is 42.5 Å². The van der Waals surface area contributed by atoms with Gasteiger partial charge in [0.2, 0.25) is 5.95 Å². The third-order valence-electron chi connectivity index (χ3n) is 5.37. The lowest BCUT2D eigenvalue weighted by atomic mass is 9.93. The molecular weight excluding hydrogens is 400 g/mol. The molecule has 2 heterocycles. The molecular formula is C22H24N4O3S. The Morgan fingerprint density at radius 1 is 1.13 bits per heavy atom.